The van der Waals surface area contributed by atoms with Gasteiger partial charge in [-0.1, -0.05) is 52.6 Å². The van der Waals surface area contributed by atoms with Crippen molar-refractivity contribution < 1.29 is 4.74 Å². The summed E-state index contributed by atoms with van der Waals surface area (Å²) in [4.78, 5) is 0. The normalized spacial score (nSPS) is 48.9. The van der Waals surface area contributed by atoms with Crippen LogP contribution in [0.25, 0.3) is 0 Å². The highest BCUT2D eigenvalue weighted by Crippen LogP contribution is 2.69. The van der Waals surface area contributed by atoms with Gasteiger partial charge in [-0.05, 0) is 36.6 Å². The molecule has 1 spiro atoms. The molecule has 2 aliphatic carbocycles. The summed E-state index contributed by atoms with van der Waals surface area (Å²) in [5.41, 5.74) is 1.51. The molecule has 108 valence electrons. The molecule has 0 aromatic carbocycles. The number of ether oxygens (including phenoxy) is 1. The number of rotatable bonds is 2. The lowest BCUT2D eigenvalue weighted by Crippen LogP contribution is -2.54. The molecule has 0 bridgehead atoms. The van der Waals surface area contributed by atoms with Crippen molar-refractivity contribution in [3.8, 4) is 0 Å². The molecule has 5 atom stereocenters. The standard InChI is InChI=1S/C17H30OSi/c1-12(2)13-10-15(19(4,5)6)16(3)9-7-8-14-17(16,11-13)18-14/h7-8,12-15H,9-11H2,1-6H3/t13-,14+,15-,16+,17+/m1/s1. The van der Waals surface area contributed by atoms with Crippen molar-refractivity contribution in [2.45, 2.75) is 76.9 Å². The summed E-state index contributed by atoms with van der Waals surface area (Å²) in [7, 11) is -1.16. The molecular formula is C17H30OSi. The predicted molar refractivity (Wildman–Crippen MR) is 84.1 cm³/mol. The summed E-state index contributed by atoms with van der Waals surface area (Å²) in [5.74, 6) is 1.66. The van der Waals surface area contributed by atoms with Crippen LogP contribution in [0.4, 0.5) is 0 Å². The minimum Gasteiger partial charge on any atom is -0.361 e. The van der Waals surface area contributed by atoms with Gasteiger partial charge in [0.05, 0.1) is 0 Å². The summed E-state index contributed by atoms with van der Waals surface area (Å²) in [6.07, 6.45) is 9.16. The zero-order valence-electron chi connectivity index (χ0n) is 13.5. The van der Waals surface area contributed by atoms with Gasteiger partial charge < -0.3 is 4.74 Å². The molecule has 0 radical (unpaired) electrons. The molecule has 1 aliphatic heterocycles. The van der Waals surface area contributed by atoms with Crippen LogP contribution in [0, 0.1) is 17.3 Å². The van der Waals surface area contributed by atoms with Crippen molar-refractivity contribution in [3.05, 3.63) is 12.2 Å². The first-order valence-corrected chi connectivity index (χ1v) is 11.6. The van der Waals surface area contributed by atoms with Crippen LogP contribution in [0.15, 0.2) is 12.2 Å². The van der Waals surface area contributed by atoms with E-state index in [2.05, 4.69) is 52.6 Å². The molecule has 0 aromatic heterocycles. The first-order valence-electron chi connectivity index (χ1n) is 8.05. The Morgan fingerprint density at radius 3 is 2.53 bits per heavy atom. The Bertz CT molecular complexity index is 408. The average Bonchev–Trinajstić information content (AvgIpc) is 2.97. The van der Waals surface area contributed by atoms with E-state index >= 15 is 0 Å². The van der Waals surface area contributed by atoms with Gasteiger partial charge in [-0.15, -0.1) is 0 Å². The van der Waals surface area contributed by atoms with Crippen molar-refractivity contribution in [2.24, 2.45) is 17.3 Å². The van der Waals surface area contributed by atoms with Crippen LogP contribution in [0.3, 0.4) is 0 Å². The van der Waals surface area contributed by atoms with E-state index in [1.54, 1.807) is 0 Å². The molecule has 1 saturated carbocycles. The minimum absolute atomic E-state index is 0.208. The van der Waals surface area contributed by atoms with Gasteiger partial charge in [-0.2, -0.15) is 0 Å². The molecule has 0 aromatic rings. The third-order valence-corrected chi connectivity index (χ3v) is 9.38. The maximum absolute atomic E-state index is 6.31. The lowest BCUT2D eigenvalue weighted by atomic mass is 9.57. The van der Waals surface area contributed by atoms with Gasteiger partial charge in [0.25, 0.3) is 0 Å². The molecule has 19 heavy (non-hydrogen) atoms. The Balaban J connectivity index is 2.01. The van der Waals surface area contributed by atoms with Crippen LogP contribution >= 0.6 is 0 Å². The molecule has 1 heterocycles. The van der Waals surface area contributed by atoms with E-state index in [1.165, 1.54) is 19.3 Å². The van der Waals surface area contributed by atoms with E-state index in [-0.39, 0.29) is 5.60 Å². The van der Waals surface area contributed by atoms with Gasteiger partial charge in [0.2, 0.25) is 0 Å². The van der Waals surface area contributed by atoms with E-state index in [1.807, 2.05) is 0 Å². The zero-order valence-corrected chi connectivity index (χ0v) is 14.5. The SMILES string of the molecule is CC(C)[C@@H]1C[C@@H]([Si](C)(C)C)[C@]2(C)CC=C[C@@H]3O[C@@]32C1. The van der Waals surface area contributed by atoms with Crippen molar-refractivity contribution in [1.29, 1.82) is 0 Å². The van der Waals surface area contributed by atoms with E-state index in [0.717, 1.165) is 17.4 Å². The third kappa shape index (κ3) is 1.82. The summed E-state index contributed by atoms with van der Waals surface area (Å²) in [6.45, 7) is 15.0. The van der Waals surface area contributed by atoms with Gasteiger partial charge in [0.15, 0.2) is 0 Å². The molecule has 1 saturated heterocycles. The Morgan fingerprint density at radius 1 is 1.26 bits per heavy atom. The Kier molecular flexibility index (Phi) is 2.90. The summed E-state index contributed by atoms with van der Waals surface area (Å²) in [5, 5.41) is 0. The first-order chi connectivity index (χ1) is 8.71. The zero-order chi connectivity index (χ0) is 14.1. The molecule has 3 aliphatic rings. The van der Waals surface area contributed by atoms with E-state index in [4.69, 9.17) is 4.74 Å². The molecule has 0 amide bonds. The van der Waals surface area contributed by atoms with Crippen molar-refractivity contribution in [3.63, 3.8) is 0 Å². The summed E-state index contributed by atoms with van der Waals surface area (Å²) < 4.78 is 6.31. The molecule has 0 unspecified atom stereocenters. The Labute approximate surface area is 119 Å². The monoisotopic (exact) mass is 278 g/mol. The van der Waals surface area contributed by atoms with Gasteiger partial charge in [0.1, 0.15) is 11.7 Å². The van der Waals surface area contributed by atoms with Crippen LogP contribution in [0.2, 0.25) is 25.2 Å². The van der Waals surface area contributed by atoms with Crippen LogP contribution in [0.5, 0.6) is 0 Å². The number of hydrogen-bond acceptors (Lipinski definition) is 1. The second kappa shape index (κ2) is 3.97. The maximum atomic E-state index is 6.31. The van der Waals surface area contributed by atoms with Crippen LogP contribution in [-0.4, -0.2) is 19.8 Å². The topological polar surface area (TPSA) is 12.5 Å². The quantitative estimate of drug-likeness (QED) is 0.399. The summed E-state index contributed by atoms with van der Waals surface area (Å²) >= 11 is 0. The van der Waals surface area contributed by atoms with Gasteiger partial charge in [-0.25, -0.2) is 0 Å². The highest BCUT2D eigenvalue weighted by Gasteiger charge is 2.72. The van der Waals surface area contributed by atoms with Crippen LogP contribution < -0.4 is 0 Å². The fourth-order valence-electron chi connectivity index (χ4n) is 5.14. The van der Waals surface area contributed by atoms with Crippen LogP contribution in [-0.2, 0) is 4.74 Å². The third-order valence-electron chi connectivity index (χ3n) is 6.42. The minimum atomic E-state index is -1.16. The van der Waals surface area contributed by atoms with E-state index in [0.29, 0.717) is 11.5 Å². The predicted octanol–water partition coefficient (Wildman–Crippen LogP) is 4.86. The lowest BCUT2D eigenvalue weighted by molar-refractivity contribution is 0.0269. The molecule has 1 nitrogen and oxygen atoms in total. The fourth-order valence-corrected chi connectivity index (χ4v) is 8.43. The average molecular weight is 279 g/mol. The largest absolute Gasteiger partial charge is 0.361 e. The van der Waals surface area contributed by atoms with Crippen LogP contribution in [0.1, 0.15) is 40.0 Å². The maximum Gasteiger partial charge on any atom is 0.106 e. The second-order valence-corrected chi connectivity index (χ2v) is 14.3. The highest BCUT2D eigenvalue weighted by molar-refractivity contribution is 6.77. The Hall–Kier alpha value is -0.0831. The van der Waals surface area contributed by atoms with Gasteiger partial charge in [0, 0.05) is 13.5 Å². The number of epoxide rings is 1. The molecule has 0 N–H and O–H groups in total. The molecule has 2 heteroatoms. The van der Waals surface area contributed by atoms with E-state index in [9.17, 15) is 0 Å². The second-order valence-electron chi connectivity index (χ2n) is 8.84. The van der Waals surface area contributed by atoms with Gasteiger partial charge >= 0.3 is 0 Å². The molecule has 3 rings (SSSR count). The highest BCUT2D eigenvalue weighted by atomic mass is 28.3. The molecular weight excluding hydrogens is 248 g/mol. The van der Waals surface area contributed by atoms with Crippen molar-refractivity contribution in [1.82, 2.24) is 0 Å². The number of hydrogen-bond donors (Lipinski definition) is 0. The van der Waals surface area contributed by atoms with Crippen molar-refractivity contribution >= 4 is 8.07 Å². The molecule has 2 fully saturated rings. The Morgan fingerprint density at radius 2 is 1.95 bits per heavy atom. The first kappa shape index (κ1) is 13.9. The number of allylic oxidation sites excluding steroid dienone is 1. The smallest absolute Gasteiger partial charge is 0.106 e. The summed E-state index contributed by atoms with van der Waals surface area (Å²) in [6, 6.07) is 0. The lowest BCUT2D eigenvalue weighted by Gasteiger charge is -2.55. The van der Waals surface area contributed by atoms with Crippen molar-refractivity contribution in [2.75, 3.05) is 0 Å². The van der Waals surface area contributed by atoms with Gasteiger partial charge in [-0.3, -0.25) is 0 Å². The van der Waals surface area contributed by atoms with E-state index < -0.39 is 8.07 Å². The fraction of sp³-hybridized carbons (Fsp3) is 0.882.